The lowest BCUT2D eigenvalue weighted by Crippen LogP contribution is -2.38. The van der Waals surface area contributed by atoms with Crippen molar-refractivity contribution < 1.29 is 8.42 Å². The molecule has 1 aromatic carbocycles. The summed E-state index contributed by atoms with van der Waals surface area (Å²) in [5, 5.41) is 3.15. The van der Waals surface area contributed by atoms with E-state index < -0.39 is 10.0 Å². The third kappa shape index (κ3) is 3.70. The van der Waals surface area contributed by atoms with Crippen molar-refractivity contribution in [1.82, 2.24) is 4.31 Å². The summed E-state index contributed by atoms with van der Waals surface area (Å²) < 4.78 is 26.6. The van der Waals surface area contributed by atoms with Gasteiger partial charge in [-0.3, -0.25) is 0 Å². The maximum Gasteiger partial charge on any atom is 0.243 e. The van der Waals surface area contributed by atoms with Gasteiger partial charge in [-0.2, -0.15) is 4.31 Å². The van der Waals surface area contributed by atoms with E-state index in [4.69, 9.17) is 0 Å². The van der Waals surface area contributed by atoms with Crippen LogP contribution in [0.25, 0.3) is 0 Å². The molecular weight excluding hydrogens is 260 g/mol. The first-order valence-electron chi connectivity index (χ1n) is 6.83. The highest BCUT2D eigenvalue weighted by Crippen LogP contribution is 2.21. The molecule has 0 fully saturated rings. The van der Waals surface area contributed by atoms with E-state index in [0.29, 0.717) is 11.4 Å². The fourth-order valence-electron chi connectivity index (χ4n) is 2.01. The number of nitrogens with one attached hydrogen (secondary N) is 1. The van der Waals surface area contributed by atoms with Crippen molar-refractivity contribution >= 4 is 15.7 Å². The van der Waals surface area contributed by atoms with Crippen LogP contribution >= 0.6 is 0 Å². The number of sulfonamides is 1. The third-order valence-corrected chi connectivity index (χ3v) is 5.34. The lowest BCUT2D eigenvalue weighted by molar-refractivity contribution is 0.342. The van der Waals surface area contributed by atoms with Crippen molar-refractivity contribution in [2.24, 2.45) is 0 Å². The first kappa shape index (κ1) is 16.0. The fraction of sp³-hybridized carbons (Fsp3) is 0.571. The molecular formula is C14H24N2O2S. The van der Waals surface area contributed by atoms with Gasteiger partial charge < -0.3 is 5.32 Å². The van der Waals surface area contributed by atoms with Gasteiger partial charge in [-0.15, -0.1) is 0 Å². The highest BCUT2D eigenvalue weighted by Gasteiger charge is 2.26. The van der Waals surface area contributed by atoms with E-state index in [2.05, 4.69) is 5.32 Å². The normalized spacial score (nSPS) is 13.5. The van der Waals surface area contributed by atoms with Gasteiger partial charge in [-0.1, -0.05) is 13.8 Å². The summed E-state index contributed by atoms with van der Waals surface area (Å²) in [6.45, 7) is 9.13. The molecule has 0 saturated heterocycles. The second-order valence-corrected chi connectivity index (χ2v) is 6.41. The van der Waals surface area contributed by atoms with Crippen LogP contribution in [-0.2, 0) is 10.0 Å². The molecule has 0 spiro atoms. The van der Waals surface area contributed by atoms with Gasteiger partial charge in [0.25, 0.3) is 0 Å². The number of hydrogen-bond donors (Lipinski definition) is 1. The average Bonchev–Trinajstić information content (AvgIpc) is 2.40. The highest BCUT2D eigenvalue weighted by molar-refractivity contribution is 7.89. The molecule has 0 bridgehead atoms. The van der Waals surface area contributed by atoms with Gasteiger partial charge in [0, 0.05) is 24.8 Å². The van der Waals surface area contributed by atoms with Crippen LogP contribution in [0.5, 0.6) is 0 Å². The van der Waals surface area contributed by atoms with Gasteiger partial charge >= 0.3 is 0 Å². The summed E-state index contributed by atoms with van der Waals surface area (Å²) in [5.74, 6) is 0. The Bertz CT molecular complexity index is 483. The number of hydrogen-bond acceptors (Lipinski definition) is 3. The molecule has 1 aromatic rings. The minimum atomic E-state index is -3.39. The summed E-state index contributed by atoms with van der Waals surface area (Å²) >= 11 is 0. The molecule has 0 amide bonds. The second-order valence-electron chi connectivity index (χ2n) is 4.52. The van der Waals surface area contributed by atoms with Crippen LogP contribution in [0.4, 0.5) is 5.69 Å². The van der Waals surface area contributed by atoms with Gasteiger partial charge in [-0.25, -0.2) is 8.42 Å². The molecule has 0 radical (unpaired) electrons. The SMILES string of the molecule is CCNc1ccc(S(=O)(=O)N(CC)C(C)CC)cc1. The number of nitrogens with zero attached hydrogens (tertiary/aromatic N) is 1. The van der Waals surface area contributed by atoms with Crippen LogP contribution in [0.1, 0.15) is 34.1 Å². The molecule has 1 rings (SSSR count). The van der Waals surface area contributed by atoms with E-state index in [1.54, 1.807) is 28.6 Å². The van der Waals surface area contributed by atoms with E-state index in [1.165, 1.54) is 0 Å². The summed E-state index contributed by atoms with van der Waals surface area (Å²) in [7, 11) is -3.39. The third-order valence-electron chi connectivity index (χ3n) is 3.24. The molecule has 5 heteroatoms. The molecule has 0 aliphatic carbocycles. The minimum absolute atomic E-state index is 0.0171. The monoisotopic (exact) mass is 284 g/mol. The van der Waals surface area contributed by atoms with Gasteiger partial charge in [-0.05, 0) is 44.5 Å². The predicted molar refractivity (Wildman–Crippen MR) is 79.9 cm³/mol. The molecule has 1 unspecified atom stereocenters. The largest absolute Gasteiger partial charge is 0.385 e. The Morgan fingerprint density at radius 3 is 2.16 bits per heavy atom. The van der Waals surface area contributed by atoms with Crippen molar-refractivity contribution in [2.45, 2.75) is 45.1 Å². The fourth-order valence-corrected chi connectivity index (χ4v) is 3.72. The zero-order valence-corrected chi connectivity index (χ0v) is 13.0. The van der Waals surface area contributed by atoms with E-state index >= 15 is 0 Å². The van der Waals surface area contributed by atoms with Gasteiger partial charge in [0.05, 0.1) is 4.90 Å². The van der Waals surface area contributed by atoms with Crippen molar-refractivity contribution in [1.29, 1.82) is 0 Å². The molecule has 1 atom stereocenters. The molecule has 0 aromatic heterocycles. The second kappa shape index (κ2) is 6.91. The Labute approximate surface area is 116 Å². The van der Waals surface area contributed by atoms with E-state index in [-0.39, 0.29) is 6.04 Å². The number of rotatable bonds is 7. The minimum Gasteiger partial charge on any atom is -0.385 e. The highest BCUT2D eigenvalue weighted by atomic mass is 32.2. The standard InChI is InChI=1S/C14H24N2O2S/c1-5-12(4)16(7-3)19(17,18)14-10-8-13(9-11-14)15-6-2/h8-12,15H,5-7H2,1-4H3. The van der Waals surface area contributed by atoms with Crippen LogP contribution in [0, 0.1) is 0 Å². The maximum atomic E-state index is 12.5. The smallest absolute Gasteiger partial charge is 0.243 e. The van der Waals surface area contributed by atoms with Crippen LogP contribution in [0.3, 0.4) is 0 Å². The Hall–Kier alpha value is -1.07. The van der Waals surface area contributed by atoms with Crippen molar-refractivity contribution in [2.75, 3.05) is 18.4 Å². The van der Waals surface area contributed by atoms with Gasteiger partial charge in [0.2, 0.25) is 10.0 Å². The van der Waals surface area contributed by atoms with Crippen LogP contribution in [0.15, 0.2) is 29.2 Å². The van der Waals surface area contributed by atoms with Gasteiger partial charge in [0.1, 0.15) is 0 Å². The van der Waals surface area contributed by atoms with Gasteiger partial charge in [0.15, 0.2) is 0 Å². The molecule has 0 heterocycles. The summed E-state index contributed by atoms with van der Waals surface area (Å²) in [4.78, 5) is 0.358. The number of anilines is 1. The Kier molecular flexibility index (Phi) is 5.82. The lowest BCUT2D eigenvalue weighted by atomic mass is 10.3. The van der Waals surface area contributed by atoms with E-state index in [0.717, 1.165) is 18.7 Å². The maximum absolute atomic E-state index is 12.5. The summed E-state index contributed by atoms with van der Waals surface area (Å²) in [5.41, 5.74) is 0.938. The van der Waals surface area contributed by atoms with Crippen molar-refractivity contribution in [3.8, 4) is 0 Å². The van der Waals surface area contributed by atoms with Crippen LogP contribution in [-0.4, -0.2) is 31.9 Å². The van der Waals surface area contributed by atoms with Crippen LogP contribution < -0.4 is 5.32 Å². The summed E-state index contributed by atoms with van der Waals surface area (Å²) in [6, 6.07) is 6.96. The van der Waals surface area contributed by atoms with Crippen LogP contribution in [0.2, 0.25) is 0 Å². The molecule has 4 nitrogen and oxygen atoms in total. The van der Waals surface area contributed by atoms with Crippen molar-refractivity contribution in [3.05, 3.63) is 24.3 Å². The topological polar surface area (TPSA) is 49.4 Å². The lowest BCUT2D eigenvalue weighted by Gasteiger charge is -2.26. The summed E-state index contributed by atoms with van der Waals surface area (Å²) in [6.07, 6.45) is 0.808. The quantitative estimate of drug-likeness (QED) is 0.837. The van der Waals surface area contributed by atoms with E-state index in [9.17, 15) is 8.42 Å². The molecule has 0 saturated carbocycles. The predicted octanol–water partition coefficient (Wildman–Crippen LogP) is 2.93. The van der Waals surface area contributed by atoms with Crippen molar-refractivity contribution in [3.63, 3.8) is 0 Å². The first-order chi connectivity index (χ1) is 8.97. The zero-order chi connectivity index (χ0) is 14.5. The Morgan fingerprint density at radius 1 is 1.16 bits per heavy atom. The average molecular weight is 284 g/mol. The number of benzene rings is 1. The molecule has 0 aliphatic rings. The van der Waals surface area contributed by atoms with E-state index in [1.807, 2.05) is 27.7 Å². The molecule has 1 N–H and O–H groups in total. The zero-order valence-electron chi connectivity index (χ0n) is 12.2. The molecule has 108 valence electrons. The molecule has 19 heavy (non-hydrogen) atoms. The Balaban J connectivity index is 3.04. The first-order valence-corrected chi connectivity index (χ1v) is 8.27. The Morgan fingerprint density at radius 2 is 1.74 bits per heavy atom. The molecule has 0 aliphatic heterocycles.